The van der Waals surface area contributed by atoms with Crippen LogP contribution in [0.2, 0.25) is 0 Å². The minimum atomic E-state index is 0.346. The second kappa shape index (κ2) is 4.83. The van der Waals surface area contributed by atoms with E-state index in [0.717, 1.165) is 13.0 Å². The molecular weight excluding hydrogens is 152 g/mol. The third-order valence-electron chi connectivity index (χ3n) is 2.57. The van der Waals surface area contributed by atoms with Crippen molar-refractivity contribution in [1.29, 1.82) is 0 Å². The molecule has 2 nitrogen and oxygen atoms in total. The Labute approximate surface area is 74.9 Å². The van der Waals surface area contributed by atoms with Gasteiger partial charge >= 0.3 is 0 Å². The fourth-order valence-corrected chi connectivity index (χ4v) is 1.82. The number of hydrogen-bond donors (Lipinski definition) is 1. The summed E-state index contributed by atoms with van der Waals surface area (Å²) in [4.78, 5) is 0. The van der Waals surface area contributed by atoms with Crippen molar-refractivity contribution < 1.29 is 9.84 Å². The van der Waals surface area contributed by atoms with Crippen molar-refractivity contribution in [3.8, 4) is 0 Å². The van der Waals surface area contributed by atoms with Crippen molar-refractivity contribution in [2.45, 2.75) is 39.2 Å². The van der Waals surface area contributed by atoms with Crippen LogP contribution in [-0.4, -0.2) is 24.4 Å². The number of aliphatic hydroxyl groups is 1. The minimum Gasteiger partial charge on any atom is -0.396 e. The highest BCUT2D eigenvalue weighted by molar-refractivity contribution is 4.74. The second-order valence-electron chi connectivity index (χ2n) is 4.11. The lowest BCUT2D eigenvalue weighted by atomic mass is 10.1. The first-order chi connectivity index (χ1) is 5.72. The van der Waals surface area contributed by atoms with E-state index < -0.39 is 0 Å². The van der Waals surface area contributed by atoms with Gasteiger partial charge in [0.15, 0.2) is 0 Å². The molecule has 72 valence electrons. The molecule has 0 bridgehead atoms. The van der Waals surface area contributed by atoms with Gasteiger partial charge in [-0.25, -0.2) is 0 Å². The Morgan fingerprint density at radius 1 is 1.33 bits per heavy atom. The number of aliphatic hydroxyl groups excluding tert-OH is 1. The molecule has 1 aliphatic rings. The molecule has 0 heterocycles. The van der Waals surface area contributed by atoms with Crippen LogP contribution < -0.4 is 0 Å². The van der Waals surface area contributed by atoms with Crippen LogP contribution in [0.15, 0.2) is 0 Å². The molecule has 0 aromatic heterocycles. The Morgan fingerprint density at radius 2 is 2.00 bits per heavy atom. The van der Waals surface area contributed by atoms with Crippen molar-refractivity contribution in [3.63, 3.8) is 0 Å². The van der Waals surface area contributed by atoms with E-state index in [9.17, 15) is 0 Å². The van der Waals surface area contributed by atoms with E-state index in [1.54, 1.807) is 0 Å². The van der Waals surface area contributed by atoms with Gasteiger partial charge in [-0.15, -0.1) is 0 Å². The molecule has 0 aromatic carbocycles. The van der Waals surface area contributed by atoms with Crippen molar-refractivity contribution in [3.05, 3.63) is 0 Å². The highest BCUT2D eigenvalue weighted by Gasteiger charge is 2.24. The van der Waals surface area contributed by atoms with Gasteiger partial charge in [-0.05, 0) is 44.9 Å². The largest absolute Gasteiger partial charge is 0.396 e. The normalized spacial score (nSPS) is 30.0. The van der Waals surface area contributed by atoms with Crippen LogP contribution in [0.1, 0.15) is 33.1 Å². The van der Waals surface area contributed by atoms with Crippen LogP contribution >= 0.6 is 0 Å². The predicted octanol–water partition coefficient (Wildman–Crippen LogP) is 1.82. The van der Waals surface area contributed by atoms with Gasteiger partial charge < -0.3 is 9.84 Å². The topological polar surface area (TPSA) is 29.5 Å². The van der Waals surface area contributed by atoms with Crippen molar-refractivity contribution in [2.75, 3.05) is 13.2 Å². The van der Waals surface area contributed by atoms with E-state index in [2.05, 4.69) is 13.8 Å². The van der Waals surface area contributed by atoms with Crippen molar-refractivity contribution in [1.82, 2.24) is 0 Å². The number of hydrogen-bond acceptors (Lipinski definition) is 2. The van der Waals surface area contributed by atoms with E-state index in [4.69, 9.17) is 9.84 Å². The summed E-state index contributed by atoms with van der Waals surface area (Å²) < 4.78 is 5.54. The summed E-state index contributed by atoms with van der Waals surface area (Å²) in [6, 6.07) is 0. The Hall–Kier alpha value is -0.0800. The van der Waals surface area contributed by atoms with Gasteiger partial charge in [-0.2, -0.15) is 0 Å². The van der Waals surface area contributed by atoms with Gasteiger partial charge in [-0.1, -0.05) is 0 Å². The maximum Gasteiger partial charge on any atom is 0.0519 e. The van der Waals surface area contributed by atoms with E-state index in [1.807, 2.05) is 0 Å². The molecule has 0 spiro atoms. The van der Waals surface area contributed by atoms with Crippen LogP contribution in [0.3, 0.4) is 0 Å². The van der Waals surface area contributed by atoms with E-state index in [-0.39, 0.29) is 0 Å². The maximum atomic E-state index is 8.92. The standard InChI is InChI=1S/C10H20O2/c1-8(2)12-7-10-4-3-9(5-10)6-11/h8-11H,3-7H2,1-2H3. The molecule has 0 aliphatic heterocycles. The zero-order valence-corrected chi connectivity index (χ0v) is 8.12. The Balaban J connectivity index is 2.11. The van der Waals surface area contributed by atoms with Crippen LogP contribution in [0.4, 0.5) is 0 Å². The predicted molar refractivity (Wildman–Crippen MR) is 49.0 cm³/mol. The summed E-state index contributed by atoms with van der Waals surface area (Å²) in [6.45, 7) is 5.38. The van der Waals surface area contributed by atoms with Crippen molar-refractivity contribution >= 4 is 0 Å². The van der Waals surface area contributed by atoms with Gasteiger partial charge in [-0.3, -0.25) is 0 Å². The quantitative estimate of drug-likeness (QED) is 0.701. The molecule has 0 saturated heterocycles. The summed E-state index contributed by atoms with van der Waals surface area (Å²) in [7, 11) is 0. The monoisotopic (exact) mass is 172 g/mol. The fourth-order valence-electron chi connectivity index (χ4n) is 1.82. The summed E-state index contributed by atoms with van der Waals surface area (Å²) >= 11 is 0. The zero-order valence-electron chi connectivity index (χ0n) is 8.12. The van der Waals surface area contributed by atoms with Crippen molar-refractivity contribution in [2.24, 2.45) is 11.8 Å². The summed E-state index contributed by atoms with van der Waals surface area (Å²) in [5.74, 6) is 1.25. The van der Waals surface area contributed by atoms with Crippen LogP contribution in [0.5, 0.6) is 0 Å². The average molecular weight is 172 g/mol. The number of ether oxygens (including phenoxy) is 1. The Morgan fingerprint density at radius 3 is 2.50 bits per heavy atom. The van der Waals surface area contributed by atoms with Crippen LogP contribution in [0, 0.1) is 11.8 Å². The molecule has 0 radical (unpaired) electrons. The SMILES string of the molecule is CC(C)OCC1CCC(CO)C1. The lowest BCUT2D eigenvalue weighted by Crippen LogP contribution is -2.11. The molecule has 2 atom stereocenters. The molecule has 1 saturated carbocycles. The summed E-state index contributed by atoms with van der Waals surface area (Å²) in [6.07, 6.45) is 3.92. The lowest BCUT2D eigenvalue weighted by Gasteiger charge is -2.12. The van der Waals surface area contributed by atoms with Gasteiger partial charge in [0.2, 0.25) is 0 Å². The third-order valence-corrected chi connectivity index (χ3v) is 2.57. The molecule has 12 heavy (non-hydrogen) atoms. The fraction of sp³-hybridized carbons (Fsp3) is 1.00. The second-order valence-corrected chi connectivity index (χ2v) is 4.11. The summed E-state index contributed by atoms with van der Waals surface area (Å²) in [5.41, 5.74) is 0. The van der Waals surface area contributed by atoms with Crippen LogP contribution in [0.25, 0.3) is 0 Å². The molecule has 0 aromatic rings. The minimum absolute atomic E-state index is 0.346. The molecule has 2 unspecified atom stereocenters. The lowest BCUT2D eigenvalue weighted by molar-refractivity contribution is 0.0509. The summed E-state index contributed by atoms with van der Waals surface area (Å²) in [5, 5.41) is 8.92. The van der Waals surface area contributed by atoms with E-state index >= 15 is 0 Å². The third kappa shape index (κ3) is 3.11. The molecular formula is C10H20O2. The number of rotatable bonds is 4. The molecule has 1 rings (SSSR count). The molecule has 1 N–H and O–H groups in total. The smallest absolute Gasteiger partial charge is 0.0519 e. The van der Waals surface area contributed by atoms with E-state index in [1.165, 1.54) is 12.8 Å². The highest BCUT2D eigenvalue weighted by atomic mass is 16.5. The van der Waals surface area contributed by atoms with Crippen LogP contribution in [-0.2, 0) is 4.74 Å². The average Bonchev–Trinajstić information content (AvgIpc) is 2.48. The van der Waals surface area contributed by atoms with Gasteiger partial charge in [0.05, 0.1) is 6.10 Å². The first-order valence-corrected chi connectivity index (χ1v) is 4.94. The Bertz CT molecular complexity index is 123. The first kappa shape index (κ1) is 10.0. The molecule has 0 amide bonds. The molecule has 1 aliphatic carbocycles. The van der Waals surface area contributed by atoms with Gasteiger partial charge in [0, 0.05) is 13.2 Å². The first-order valence-electron chi connectivity index (χ1n) is 4.94. The molecule has 2 heteroatoms. The van der Waals surface area contributed by atoms with Gasteiger partial charge in [0.1, 0.15) is 0 Å². The molecule has 1 fully saturated rings. The zero-order chi connectivity index (χ0) is 8.97. The van der Waals surface area contributed by atoms with E-state index in [0.29, 0.717) is 24.5 Å². The van der Waals surface area contributed by atoms with Gasteiger partial charge in [0.25, 0.3) is 0 Å². The Kier molecular flexibility index (Phi) is 4.02. The highest BCUT2D eigenvalue weighted by Crippen LogP contribution is 2.30. The maximum absolute atomic E-state index is 8.92.